The molecular weight excluding hydrogens is 340 g/mol. The minimum atomic E-state index is -0.545. The molecule has 5 nitrogen and oxygen atoms in total. The zero-order valence-electron chi connectivity index (χ0n) is 14.5. The zero-order valence-corrected chi connectivity index (χ0v) is 15.3. The Morgan fingerprint density at radius 2 is 2.08 bits per heavy atom. The van der Waals surface area contributed by atoms with Crippen molar-refractivity contribution < 1.29 is 14.3 Å². The molecule has 134 valence electrons. The molecular formula is C19H23ClN2O3. The number of furan rings is 1. The highest BCUT2D eigenvalue weighted by atomic mass is 35.5. The van der Waals surface area contributed by atoms with Crippen LogP contribution in [-0.2, 0) is 11.3 Å². The molecule has 25 heavy (non-hydrogen) atoms. The number of β-amino-alcohol motifs (C(OH)–C–C–N with tert-alkyl or cyclic N) is 1. The fraction of sp³-hybridized carbons (Fsp3) is 0.421. The van der Waals surface area contributed by atoms with Crippen LogP contribution in [0.2, 0.25) is 5.02 Å². The van der Waals surface area contributed by atoms with E-state index in [1.165, 1.54) is 6.92 Å². The van der Waals surface area contributed by atoms with E-state index in [2.05, 4.69) is 4.90 Å². The molecule has 0 radical (unpaired) electrons. The number of nitrogens with zero attached hydrogens (tertiary/aromatic N) is 2. The zero-order chi connectivity index (χ0) is 18.0. The number of halogens is 1. The van der Waals surface area contributed by atoms with Crippen molar-refractivity contribution in [1.82, 2.24) is 9.80 Å². The summed E-state index contributed by atoms with van der Waals surface area (Å²) >= 11 is 6.19. The van der Waals surface area contributed by atoms with Gasteiger partial charge in [0.05, 0.1) is 12.6 Å². The van der Waals surface area contributed by atoms with E-state index in [0.717, 1.165) is 27.7 Å². The molecule has 2 aromatic rings. The minimum absolute atomic E-state index is 0.00238. The lowest BCUT2D eigenvalue weighted by Crippen LogP contribution is -2.36. The first-order valence-electron chi connectivity index (χ1n) is 8.43. The van der Waals surface area contributed by atoms with Crippen LogP contribution in [0, 0.1) is 6.92 Å². The number of amides is 1. The topological polar surface area (TPSA) is 56.9 Å². The summed E-state index contributed by atoms with van der Waals surface area (Å²) in [6.07, 6.45) is -0.545. The van der Waals surface area contributed by atoms with Gasteiger partial charge in [-0.1, -0.05) is 23.7 Å². The summed E-state index contributed by atoms with van der Waals surface area (Å²) in [6.45, 7) is 6.34. The third kappa shape index (κ3) is 4.42. The molecule has 0 saturated carbocycles. The monoisotopic (exact) mass is 362 g/mol. The van der Waals surface area contributed by atoms with Gasteiger partial charge in [0, 0.05) is 43.7 Å². The average molecular weight is 363 g/mol. The van der Waals surface area contributed by atoms with Gasteiger partial charge in [0.25, 0.3) is 0 Å². The van der Waals surface area contributed by atoms with Gasteiger partial charge >= 0.3 is 0 Å². The van der Waals surface area contributed by atoms with Crippen molar-refractivity contribution in [2.24, 2.45) is 0 Å². The van der Waals surface area contributed by atoms with Crippen molar-refractivity contribution >= 4 is 17.5 Å². The van der Waals surface area contributed by atoms with E-state index in [4.69, 9.17) is 16.0 Å². The Morgan fingerprint density at radius 3 is 2.80 bits per heavy atom. The molecule has 0 spiro atoms. The maximum Gasteiger partial charge on any atom is 0.219 e. The Kier molecular flexibility index (Phi) is 5.47. The first kappa shape index (κ1) is 18.0. The molecule has 0 aliphatic carbocycles. The first-order chi connectivity index (χ1) is 11.9. The Labute approximate surface area is 152 Å². The number of aliphatic hydroxyl groups excluding tert-OH is 1. The quantitative estimate of drug-likeness (QED) is 0.912. The van der Waals surface area contributed by atoms with Gasteiger partial charge in [-0.05, 0) is 30.7 Å². The van der Waals surface area contributed by atoms with Gasteiger partial charge in [-0.2, -0.15) is 0 Å². The van der Waals surface area contributed by atoms with Crippen molar-refractivity contribution in [2.45, 2.75) is 26.5 Å². The van der Waals surface area contributed by atoms with Gasteiger partial charge < -0.3 is 14.4 Å². The third-order valence-electron chi connectivity index (χ3n) is 4.53. The van der Waals surface area contributed by atoms with Crippen molar-refractivity contribution in [3.8, 4) is 11.3 Å². The number of rotatable bonds is 3. The Hall–Kier alpha value is -1.82. The van der Waals surface area contributed by atoms with Crippen LogP contribution in [0.15, 0.2) is 34.7 Å². The lowest BCUT2D eigenvalue weighted by atomic mass is 10.1. The maximum absolute atomic E-state index is 11.5. The number of benzene rings is 1. The summed E-state index contributed by atoms with van der Waals surface area (Å²) in [4.78, 5) is 15.3. The van der Waals surface area contributed by atoms with Gasteiger partial charge in [-0.15, -0.1) is 0 Å². The second-order valence-electron chi connectivity index (χ2n) is 6.58. The van der Waals surface area contributed by atoms with E-state index in [1.807, 2.05) is 37.3 Å². The van der Waals surface area contributed by atoms with Crippen molar-refractivity contribution in [2.75, 3.05) is 26.2 Å². The second kappa shape index (κ2) is 7.60. The van der Waals surface area contributed by atoms with Crippen molar-refractivity contribution in [3.05, 3.63) is 46.7 Å². The normalized spacial score (nSPS) is 19.0. The molecule has 1 amide bonds. The van der Waals surface area contributed by atoms with Crippen LogP contribution in [0.3, 0.4) is 0 Å². The Bertz CT molecular complexity index is 759. The molecule has 2 heterocycles. The van der Waals surface area contributed by atoms with E-state index >= 15 is 0 Å². The predicted octanol–water partition coefficient (Wildman–Crippen LogP) is 2.93. The van der Waals surface area contributed by atoms with Gasteiger partial charge in [0.15, 0.2) is 0 Å². The molecule has 0 bridgehead atoms. The number of hydrogen-bond acceptors (Lipinski definition) is 4. The number of aliphatic hydroxyl groups is 1. The largest absolute Gasteiger partial charge is 0.460 e. The van der Waals surface area contributed by atoms with E-state index in [1.54, 1.807) is 4.90 Å². The van der Waals surface area contributed by atoms with Crippen molar-refractivity contribution in [3.63, 3.8) is 0 Å². The summed E-state index contributed by atoms with van der Waals surface area (Å²) in [7, 11) is 0. The van der Waals surface area contributed by atoms with E-state index in [0.29, 0.717) is 32.7 Å². The lowest BCUT2D eigenvalue weighted by Gasteiger charge is -2.19. The smallest absolute Gasteiger partial charge is 0.219 e. The fourth-order valence-corrected chi connectivity index (χ4v) is 3.25. The Balaban J connectivity index is 1.68. The van der Waals surface area contributed by atoms with Gasteiger partial charge in [0.1, 0.15) is 11.5 Å². The molecule has 1 atom stereocenters. The summed E-state index contributed by atoms with van der Waals surface area (Å²) in [6, 6.07) is 9.75. The summed E-state index contributed by atoms with van der Waals surface area (Å²) in [5.74, 6) is 1.60. The van der Waals surface area contributed by atoms with Crippen LogP contribution in [-0.4, -0.2) is 53.1 Å². The van der Waals surface area contributed by atoms with Crippen LogP contribution >= 0.6 is 11.6 Å². The predicted molar refractivity (Wildman–Crippen MR) is 97.4 cm³/mol. The average Bonchev–Trinajstić information content (AvgIpc) is 2.93. The van der Waals surface area contributed by atoms with Crippen LogP contribution in [0.1, 0.15) is 18.2 Å². The van der Waals surface area contributed by atoms with Crippen LogP contribution in [0.5, 0.6) is 0 Å². The van der Waals surface area contributed by atoms with Crippen LogP contribution < -0.4 is 0 Å². The summed E-state index contributed by atoms with van der Waals surface area (Å²) in [5.41, 5.74) is 1.98. The molecule has 1 aromatic heterocycles. The molecule has 1 aliphatic heterocycles. The number of hydrogen-bond donors (Lipinski definition) is 1. The molecule has 1 N–H and O–H groups in total. The third-order valence-corrected chi connectivity index (χ3v) is 4.94. The maximum atomic E-state index is 11.5. The highest BCUT2D eigenvalue weighted by Gasteiger charge is 2.23. The fourth-order valence-electron chi connectivity index (χ4n) is 3.07. The molecule has 1 aromatic carbocycles. The highest BCUT2D eigenvalue weighted by Crippen LogP contribution is 2.27. The van der Waals surface area contributed by atoms with Gasteiger partial charge in [0.2, 0.25) is 5.91 Å². The standard InChI is InChI=1S/C19H23ClN2O3/c1-13-3-4-15(9-18(13)20)19-6-5-17(25-19)12-21-7-8-22(14(2)23)11-16(24)10-21/h3-6,9,16,24H,7-8,10-12H2,1-2H3/t16-/m0/s1. The molecule has 6 heteroatoms. The van der Waals surface area contributed by atoms with E-state index < -0.39 is 6.10 Å². The molecule has 1 saturated heterocycles. The van der Waals surface area contributed by atoms with Crippen molar-refractivity contribution in [1.29, 1.82) is 0 Å². The number of carbonyl (C=O) groups is 1. The number of aryl methyl sites for hydroxylation is 1. The van der Waals surface area contributed by atoms with Gasteiger partial charge in [-0.25, -0.2) is 0 Å². The van der Waals surface area contributed by atoms with E-state index in [9.17, 15) is 9.90 Å². The second-order valence-corrected chi connectivity index (χ2v) is 6.99. The minimum Gasteiger partial charge on any atom is -0.460 e. The molecule has 1 fully saturated rings. The lowest BCUT2D eigenvalue weighted by molar-refractivity contribution is -0.129. The summed E-state index contributed by atoms with van der Waals surface area (Å²) < 4.78 is 5.96. The SMILES string of the molecule is CC(=O)N1CCN(Cc2ccc(-c3ccc(C)c(Cl)c3)o2)C[C@H](O)C1. The highest BCUT2D eigenvalue weighted by molar-refractivity contribution is 6.31. The summed E-state index contributed by atoms with van der Waals surface area (Å²) in [5, 5.41) is 10.8. The van der Waals surface area contributed by atoms with Gasteiger partial charge in [-0.3, -0.25) is 9.69 Å². The van der Waals surface area contributed by atoms with Crippen LogP contribution in [0.25, 0.3) is 11.3 Å². The first-order valence-corrected chi connectivity index (χ1v) is 8.81. The van der Waals surface area contributed by atoms with E-state index in [-0.39, 0.29) is 5.91 Å². The molecule has 0 unspecified atom stereocenters. The van der Waals surface area contributed by atoms with Crippen LogP contribution in [0.4, 0.5) is 0 Å². The molecule has 3 rings (SSSR count). The number of carbonyl (C=O) groups excluding carboxylic acids is 1. The Morgan fingerprint density at radius 1 is 1.28 bits per heavy atom. The molecule has 1 aliphatic rings.